The van der Waals surface area contributed by atoms with E-state index in [1.807, 2.05) is 24.3 Å². The van der Waals surface area contributed by atoms with Crippen molar-refractivity contribution in [3.8, 4) is 0 Å². The predicted octanol–water partition coefficient (Wildman–Crippen LogP) is 3.05. The lowest BCUT2D eigenvalue weighted by Crippen LogP contribution is -2.19. The maximum absolute atomic E-state index is 12.2. The fraction of sp³-hybridized carbons (Fsp3) is 0.0769. The lowest BCUT2D eigenvalue weighted by Gasteiger charge is -2.01. The van der Waals surface area contributed by atoms with E-state index in [2.05, 4.69) is 27.5 Å². The second-order valence-electron chi connectivity index (χ2n) is 3.97. The summed E-state index contributed by atoms with van der Waals surface area (Å²) in [4.78, 5) is 16.5. The van der Waals surface area contributed by atoms with E-state index in [0.717, 1.165) is 5.39 Å². The number of hydrogen-bond acceptors (Lipinski definition) is 3. The third-order valence-electron chi connectivity index (χ3n) is 2.69. The highest BCUT2D eigenvalue weighted by Gasteiger charge is 2.12. The molecule has 0 amide bonds. The average Bonchev–Trinajstić information content (AvgIpc) is 2.72. The molecule has 0 spiro atoms. The maximum Gasteiger partial charge on any atom is 0.297 e. The van der Waals surface area contributed by atoms with E-state index in [1.54, 1.807) is 0 Å². The van der Waals surface area contributed by atoms with Crippen molar-refractivity contribution in [2.24, 2.45) is 0 Å². The van der Waals surface area contributed by atoms with Crippen LogP contribution in [-0.4, -0.2) is 9.55 Å². The SMILES string of the molecule is C=C(Br)Cn1cnc2c(oc3ccccc32)c1=O. The number of allylic oxidation sites excluding steroid dienone is 1. The summed E-state index contributed by atoms with van der Waals surface area (Å²) >= 11 is 3.23. The fourth-order valence-electron chi connectivity index (χ4n) is 1.91. The first-order valence-electron chi connectivity index (χ1n) is 5.37. The zero-order valence-electron chi connectivity index (χ0n) is 9.39. The molecule has 0 bridgehead atoms. The smallest absolute Gasteiger partial charge is 0.297 e. The lowest BCUT2D eigenvalue weighted by molar-refractivity contribution is 0.644. The van der Waals surface area contributed by atoms with Gasteiger partial charge in [-0.05, 0) is 12.1 Å². The highest BCUT2D eigenvalue weighted by atomic mass is 79.9. The van der Waals surface area contributed by atoms with E-state index < -0.39 is 0 Å². The minimum atomic E-state index is -0.197. The van der Waals surface area contributed by atoms with E-state index in [4.69, 9.17) is 4.42 Å². The first-order valence-corrected chi connectivity index (χ1v) is 6.16. The van der Waals surface area contributed by atoms with Gasteiger partial charge in [-0.2, -0.15) is 0 Å². The Labute approximate surface area is 111 Å². The lowest BCUT2D eigenvalue weighted by atomic mass is 10.2. The minimum absolute atomic E-state index is 0.197. The largest absolute Gasteiger partial charge is 0.448 e. The van der Waals surface area contributed by atoms with Gasteiger partial charge in [0.2, 0.25) is 5.58 Å². The number of furan rings is 1. The number of aromatic nitrogens is 2. The summed E-state index contributed by atoms with van der Waals surface area (Å²) in [7, 11) is 0. The van der Waals surface area contributed by atoms with E-state index in [9.17, 15) is 4.79 Å². The number of benzene rings is 1. The Kier molecular flexibility index (Phi) is 2.56. The molecule has 18 heavy (non-hydrogen) atoms. The van der Waals surface area contributed by atoms with Gasteiger partial charge in [0.15, 0.2) is 0 Å². The Bertz CT molecular complexity index is 817. The topological polar surface area (TPSA) is 48.0 Å². The van der Waals surface area contributed by atoms with Crippen LogP contribution in [0.25, 0.3) is 22.1 Å². The van der Waals surface area contributed by atoms with Crippen LogP contribution in [0.4, 0.5) is 0 Å². The van der Waals surface area contributed by atoms with E-state index in [0.29, 0.717) is 22.1 Å². The molecule has 0 radical (unpaired) electrons. The third-order valence-corrected chi connectivity index (χ3v) is 2.94. The Balaban J connectivity index is 2.35. The summed E-state index contributed by atoms with van der Waals surface area (Å²) in [5.41, 5.74) is 1.36. The van der Waals surface area contributed by atoms with Crippen molar-refractivity contribution in [3.63, 3.8) is 0 Å². The van der Waals surface area contributed by atoms with Crippen molar-refractivity contribution in [2.75, 3.05) is 0 Å². The van der Waals surface area contributed by atoms with E-state index in [1.165, 1.54) is 10.9 Å². The van der Waals surface area contributed by atoms with E-state index >= 15 is 0 Å². The number of para-hydroxylation sites is 1. The van der Waals surface area contributed by atoms with Crippen LogP contribution in [0.5, 0.6) is 0 Å². The van der Waals surface area contributed by atoms with Gasteiger partial charge < -0.3 is 4.42 Å². The minimum Gasteiger partial charge on any atom is -0.448 e. The molecule has 0 atom stereocenters. The Hall–Kier alpha value is -1.88. The predicted molar refractivity (Wildman–Crippen MR) is 73.8 cm³/mol. The summed E-state index contributed by atoms with van der Waals surface area (Å²) < 4.78 is 7.73. The number of fused-ring (bicyclic) bond motifs is 3. The van der Waals surface area contributed by atoms with Crippen molar-refractivity contribution in [1.82, 2.24) is 9.55 Å². The van der Waals surface area contributed by atoms with Gasteiger partial charge in [0.1, 0.15) is 11.1 Å². The van der Waals surface area contributed by atoms with Crippen LogP contribution in [0, 0.1) is 0 Å². The maximum atomic E-state index is 12.2. The second-order valence-corrected chi connectivity index (χ2v) is 5.09. The number of hydrogen-bond donors (Lipinski definition) is 0. The van der Waals surface area contributed by atoms with Crippen LogP contribution in [0.3, 0.4) is 0 Å². The average molecular weight is 305 g/mol. The molecular formula is C13H9BrN2O2. The fourth-order valence-corrected chi connectivity index (χ4v) is 2.18. The molecule has 90 valence electrons. The number of rotatable bonds is 2. The summed E-state index contributed by atoms with van der Waals surface area (Å²) in [5.74, 6) is 0. The normalized spacial score (nSPS) is 11.2. The zero-order valence-corrected chi connectivity index (χ0v) is 11.0. The second kappa shape index (κ2) is 4.10. The molecule has 1 aromatic carbocycles. The Morgan fingerprint density at radius 1 is 1.44 bits per heavy atom. The summed E-state index contributed by atoms with van der Waals surface area (Å²) in [6.45, 7) is 4.09. The molecule has 0 unspecified atom stereocenters. The van der Waals surface area contributed by atoms with Crippen molar-refractivity contribution in [1.29, 1.82) is 0 Å². The van der Waals surface area contributed by atoms with E-state index in [-0.39, 0.29) is 11.1 Å². The highest BCUT2D eigenvalue weighted by molar-refractivity contribution is 9.11. The molecule has 0 aliphatic carbocycles. The Morgan fingerprint density at radius 3 is 3.00 bits per heavy atom. The van der Waals surface area contributed by atoms with Crippen LogP contribution in [0.2, 0.25) is 0 Å². The van der Waals surface area contributed by atoms with Crippen molar-refractivity contribution in [2.45, 2.75) is 6.54 Å². The first kappa shape index (κ1) is 11.2. The van der Waals surface area contributed by atoms with Crippen LogP contribution < -0.4 is 5.56 Å². The molecule has 0 aliphatic rings. The standard InChI is InChI=1S/C13H9BrN2O2/c1-8(14)6-16-7-15-11-9-4-2-3-5-10(9)18-12(11)13(16)17/h2-5,7H,1,6H2. The highest BCUT2D eigenvalue weighted by Crippen LogP contribution is 2.24. The van der Waals surface area contributed by atoms with Crippen molar-refractivity contribution in [3.05, 3.63) is 52.0 Å². The summed E-state index contributed by atoms with van der Waals surface area (Å²) in [5, 5.41) is 0.856. The van der Waals surface area contributed by atoms with Crippen LogP contribution in [0.15, 0.2) is 50.9 Å². The zero-order chi connectivity index (χ0) is 12.7. The molecule has 0 N–H and O–H groups in total. The first-order chi connectivity index (χ1) is 8.66. The van der Waals surface area contributed by atoms with Crippen molar-refractivity contribution >= 4 is 38.0 Å². The third kappa shape index (κ3) is 1.67. The molecule has 0 fully saturated rings. The number of nitrogens with zero attached hydrogens (tertiary/aromatic N) is 2. The monoisotopic (exact) mass is 304 g/mol. The van der Waals surface area contributed by atoms with Crippen molar-refractivity contribution < 1.29 is 4.42 Å². The van der Waals surface area contributed by atoms with Gasteiger partial charge in [-0.1, -0.05) is 34.6 Å². The molecule has 0 aliphatic heterocycles. The Morgan fingerprint density at radius 2 is 2.22 bits per heavy atom. The summed E-state index contributed by atoms with van der Waals surface area (Å²) in [6, 6.07) is 7.47. The quantitative estimate of drug-likeness (QED) is 0.731. The molecular weight excluding hydrogens is 296 g/mol. The molecule has 5 heteroatoms. The molecule has 2 aromatic heterocycles. The van der Waals surface area contributed by atoms with Gasteiger partial charge in [-0.25, -0.2) is 4.98 Å². The van der Waals surface area contributed by atoms with Gasteiger partial charge in [-0.3, -0.25) is 9.36 Å². The molecule has 0 saturated carbocycles. The van der Waals surface area contributed by atoms with Crippen LogP contribution in [0.1, 0.15) is 0 Å². The van der Waals surface area contributed by atoms with Gasteiger partial charge in [0, 0.05) is 9.87 Å². The molecule has 4 nitrogen and oxygen atoms in total. The van der Waals surface area contributed by atoms with Gasteiger partial charge >= 0.3 is 0 Å². The van der Waals surface area contributed by atoms with Gasteiger partial charge in [0.05, 0.1) is 12.9 Å². The number of halogens is 1. The summed E-state index contributed by atoms with van der Waals surface area (Å²) in [6.07, 6.45) is 1.51. The van der Waals surface area contributed by atoms with Gasteiger partial charge in [-0.15, -0.1) is 0 Å². The van der Waals surface area contributed by atoms with Crippen LogP contribution in [-0.2, 0) is 6.54 Å². The molecule has 3 aromatic rings. The van der Waals surface area contributed by atoms with Crippen LogP contribution >= 0.6 is 15.9 Å². The molecule has 2 heterocycles. The van der Waals surface area contributed by atoms with Gasteiger partial charge in [0.25, 0.3) is 5.56 Å². The molecule has 0 saturated heterocycles. The molecule has 3 rings (SSSR count).